The lowest BCUT2D eigenvalue weighted by Gasteiger charge is -2.25. The monoisotopic (exact) mass is 365 g/mol. The molecule has 1 aliphatic heterocycles. The zero-order valence-electron chi connectivity index (χ0n) is 15.1. The van der Waals surface area contributed by atoms with Gasteiger partial charge in [0.15, 0.2) is 0 Å². The number of rotatable bonds is 8. The zero-order valence-corrected chi connectivity index (χ0v) is 15.1. The van der Waals surface area contributed by atoms with E-state index in [1.807, 2.05) is 60.7 Å². The van der Waals surface area contributed by atoms with Crippen molar-refractivity contribution in [3.63, 3.8) is 0 Å². The minimum Gasteiger partial charge on any atom is -0.447 e. The van der Waals surface area contributed by atoms with E-state index in [9.17, 15) is 14.4 Å². The highest BCUT2D eigenvalue weighted by atomic mass is 16.6. The van der Waals surface area contributed by atoms with Crippen LogP contribution in [-0.2, 0) is 27.2 Å². The summed E-state index contributed by atoms with van der Waals surface area (Å²) in [5, 5.41) is 0. The quantitative estimate of drug-likeness (QED) is 0.673. The summed E-state index contributed by atoms with van der Waals surface area (Å²) >= 11 is 0. The highest BCUT2D eigenvalue weighted by Crippen LogP contribution is 2.24. The molecule has 0 N–H and O–H groups in total. The predicted molar refractivity (Wildman–Crippen MR) is 101 cm³/mol. The molecule has 2 aromatic carbocycles. The third kappa shape index (κ3) is 4.82. The van der Waals surface area contributed by atoms with E-state index in [0.717, 1.165) is 17.4 Å². The average molecular weight is 365 g/mol. The van der Waals surface area contributed by atoms with Gasteiger partial charge < -0.3 is 9.53 Å². The van der Waals surface area contributed by atoms with Crippen molar-refractivity contribution in [1.82, 2.24) is 4.90 Å². The Morgan fingerprint density at radius 2 is 1.70 bits per heavy atom. The first-order valence-corrected chi connectivity index (χ1v) is 9.20. The van der Waals surface area contributed by atoms with Crippen LogP contribution in [0.3, 0.4) is 0 Å². The Labute approximate surface area is 158 Å². The van der Waals surface area contributed by atoms with Crippen LogP contribution in [0.2, 0.25) is 0 Å². The molecule has 3 rings (SSSR count). The molecule has 2 aromatic rings. The summed E-state index contributed by atoms with van der Waals surface area (Å²) < 4.78 is 5.17. The molecule has 0 aliphatic carbocycles. The van der Waals surface area contributed by atoms with Crippen LogP contribution in [0, 0.1) is 5.92 Å². The van der Waals surface area contributed by atoms with Gasteiger partial charge in [-0.2, -0.15) is 0 Å². The lowest BCUT2D eigenvalue weighted by molar-refractivity contribution is -0.133. The second-order valence-corrected chi connectivity index (χ2v) is 6.76. The Morgan fingerprint density at radius 3 is 2.33 bits per heavy atom. The first-order valence-electron chi connectivity index (χ1n) is 9.20. The SMILES string of the molecule is O=CCC[C@@H](Cc1ccccc1)C(=O)N1C(=O)OC[C@H]1Cc1ccccc1. The first-order chi connectivity index (χ1) is 13.2. The van der Waals surface area contributed by atoms with Crippen LogP contribution in [0.1, 0.15) is 24.0 Å². The summed E-state index contributed by atoms with van der Waals surface area (Å²) in [5.41, 5.74) is 2.06. The summed E-state index contributed by atoms with van der Waals surface area (Å²) in [4.78, 5) is 37.6. The molecule has 5 nitrogen and oxygen atoms in total. The molecule has 1 aliphatic rings. The highest BCUT2D eigenvalue weighted by molar-refractivity contribution is 5.95. The smallest absolute Gasteiger partial charge is 0.416 e. The van der Waals surface area contributed by atoms with Crippen molar-refractivity contribution in [1.29, 1.82) is 0 Å². The molecule has 0 radical (unpaired) electrons. The van der Waals surface area contributed by atoms with Crippen LogP contribution in [0.4, 0.5) is 4.79 Å². The predicted octanol–water partition coefficient (Wildman–Crippen LogP) is 3.41. The summed E-state index contributed by atoms with van der Waals surface area (Å²) in [6.07, 6.45) is 1.98. The number of nitrogens with zero attached hydrogens (tertiary/aromatic N) is 1. The number of cyclic esters (lactones) is 1. The van der Waals surface area contributed by atoms with E-state index in [-0.39, 0.29) is 25.0 Å². The van der Waals surface area contributed by atoms with Gasteiger partial charge in [0.1, 0.15) is 12.9 Å². The molecule has 140 valence electrons. The van der Waals surface area contributed by atoms with Crippen molar-refractivity contribution in [2.75, 3.05) is 6.61 Å². The van der Waals surface area contributed by atoms with Crippen LogP contribution >= 0.6 is 0 Å². The van der Waals surface area contributed by atoms with Gasteiger partial charge in [-0.3, -0.25) is 4.79 Å². The average Bonchev–Trinajstić information content (AvgIpc) is 3.06. The second kappa shape index (κ2) is 9.12. The standard InChI is InChI=1S/C22H23NO4/c24-13-7-12-19(14-17-8-3-1-4-9-17)21(25)23-20(16-27-22(23)26)15-18-10-5-2-6-11-18/h1-6,8-11,13,19-20H,7,12,14-16H2/t19-,20+/m0/s1. The van der Waals surface area contributed by atoms with E-state index >= 15 is 0 Å². The number of carbonyl (C=O) groups excluding carboxylic acids is 3. The lowest BCUT2D eigenvalue weighted by atomic mass is 9.93. The van der Waals surface area contributed by atoms with Crippen LogP contribution in [0.25, 0.3) is 0 Å². The fourth-order valence-corrected chi connectivity index (χ4v) is 3.44. The first kappa shape index (κ1) is 18.8. The number of hydrogen-bond acceptors (Lipinski definition) is 4. The Hall–Kier alpha value is -2.95. The topological polar surface area (TPSA) is 63.7 Å². The largest absolute Gasteiger partial charge is 0.447 e. The highest BCUT2D eigenvalue weighted by Gasteiger charge is 2.40. The number of ether oxygens (including phenoxy) is 1. The molecule has 0 unspecified atom stereocenters. The Bertz CT molecular complexity index is 775. The summed E-state index contributed by atoms with van der Waals surface area (Å²) in [6, 6.07) is 19.1. The third-order valence-electron chi connectivity index (χ3n) is 4.82. The van der Waals surface area contributed by atoms with E-state index in [1.54, 1.807) is 0 Å². The number of imide groups is 1. The van der Waals surface area contributed by atoms with E-state index in [0.29, 0.717) is 19.3 Å². The normalized spacial score (nSPS) is 17.4. The van der Waals surface area contributed by atoms with Gasteiger partial charge >= 0.3 is 6.09 Å². The van der Waals surface area contributed by atoms with E-state index in [2.05, 4.69) is 0 Å². The van der Waals surface area contributed by atoms with Crippen molar-refractivity contribution >= 4 is 18.3 Å². The fraction of sp³-hybridized carbons (Fsp3) is 0.318. The summed E-state index contributed by atoms with van der Waals surface area (Å²) in [5.74, 6) is -0.689. The Balaban J connectivity index is 1.77. The van der Waals surface area contributed by atoms with Crippen molar-refractivity contribution in [3.05, 3.63) is 71.8 Å². The molecule has 5 heteroatoms. The molecule has 27 heavy (non-hydrogen) atoms. The van der Waals surface area contributed by atoms with Gasteiger partial charge in [0.2, 0.25) is 5.91 Å². The molecule has 2 amide bonds. The van der Waals surface area contributed by atoms with Crippen molar-refractivity contribution in [2.24, 2.45) is 5.92 Å². The Kier molecular flexibility index (Phi) is 6.36. The van der Waals surface area contributed by atoms with Crippen LogP contribution in [0.15, 0.2) is 60.7 Å². The number of aldehydes is 1. The van der Waals surface area contributed by atoms with Gasteiger partial charge in [-0.15, -0.1) is 0 Å². The molecule has 1 heterocycles. The molecular weight excluding hydrogens is 342 g/mol. The zero-order chi connectivity index (χ0) is 19.1. The lowest BCUT2D eigenvalue weighted by Crippen LogP contribution is -2.44. The number of carbonyl (C=O) groups is 3. The van der Waals surface area contributed by atoms with Gasteiger partial charge in [0.05, 0.1) is 6.04 Å². The minimum absolute atomic E-state index is 0.200. The third-order valence-corrected chi connectivity index (χ3v) is 4.82. The van der Waals surface area contributed by atoms with Crippen LogP contribution in [-0.4, -0.2) is 35.8 Å². The summed E-state index contributed by atoms with van der Waals surface area (Å²) in [6.45, 7) is 0.200. The van der Waals surface area contributed by atoms with Crippen molar-refractivity contribution in [2.45, 2.75) is 31.7 Å². The Morgan fingerprint density at radius 1 is 1.07 bits per heavy atom. The van der Waals surface area contributed by atoms with E-state index in [4.69, 9.17) is 4.74 Å². The molecule has 0 spiro atoms. The van der Waals surface area contributed by atoms with Crippen molar-refractivity contribution in [3.8, 4) is 0 Å². The molecule has 1 fully saturated rings. The van der Waals surface area contributed by atoms with Gasteiger partial charge in [-0.05, 0) is 30.4 Å². The maximum atomic E-state index is 13.2. The molecule has 0 aromatic heterocycles. The maximum Gasteiger partial charge on any atom is 0.416 e. The molecular formula is C22H23NO4. The summed E-state index contributed by atoms with van der Waals surface area (Å²) in [7, 11) is 0. The fourth-order valence-electron chi connectivity index (χ4n) is 3.44. The molecule has 0 saturated carbocycles. The molecule has 0 bridgehead atoms. The van der Waals surface area contributed by atoms with Crippen LogP contribution < -0.4 is 0 Å². The second-order valence-electron chi connectivity index (χ2n) is 6.76. The van der Waals surface area contributed by atoms with E-state index in [1.165, 1.54) is 4.90 Å². The number of amides is 2. The van der Waals surface area contributed by atoms with Gasteiger partial charge in [-0.25, -0.2) is 9.69 Å². The molecule has 2 atom stereocenters. The number of benzene rings is 2. The molecule has 1 saturated heterocycles. The van der Waals surface area contributed by atoms with Gasteiger partial charge in [-0.1, -0.05) is 60.7 Å². The minimum atomic E-state index is -0.593. The number of hydrogen-bond donors (Lipinski definition) is 0. The van der Waals surface area contributed by atoms with Gasteiger partial charge in [0.25, 0.3) is 0 Å². The van der Waals surface area contributed by atoms with Crippen LogP contribution in [0.5, 0.6) is 0 Å². The maximum absolute atomic E-state index is 13.2. The van der Waals surface area contributed by atoms with Gasteiger partial charge in [0, 0.05) is 12.3 Å². The van der Waals surface area contributed by atoms with Crippen molar-refractivity contribution < 1.29 is 19.1 Å². The van der Waals surface area contributed by atoms with E-state index < -0.39 is 12.0 Å².